The van der Waals surface area contributed by atoms with Crippen LogP contribution in [0.25, 0.3) is 22.5 Å². The Hall–Kier alpha value is -3.81. The maximum Gasteiger partial charge on any atom is 0.420 e. The average molecular weight is 429 g/mol. The summed E-state index contributed by atoms with van der Waals surface area (Å²) in [6, 6.07) is 10.9. The summed E-state index contributed by atoms with van der Waals surface area (Å²) in [5.74, 6) is 0.144. The summed E-state index contributed by atoms with van der Waals surface area (Å²) in [5.41, 5.74) is 3.95. The van der Waals surface area contributed by atoms with Gasteiger partial charge in [-0.15, -0.1) is 0 Å². The Morgan fingerprint density at radius 2 is 2.06 bits per heavy atom. The Kier molecular flexibility index (Phi) is 5.26. The second kappa shape index (κ2) is 8.37. The number of oxazole rings is 1. The molecule has 4 aromatic rings. The fourth-order valence-electron chi connectivity index (χ4n) is 4.33. The average Bonchev–Trinajstić information content (AvgIpc) is 3.15. The van der Waals surface area contributed by atoms with Gasteiger partial charge in [0.15, 0.2) is 11.4 Å². The van der Waals surface area contributed by atoms with Gasteiger partial charge in [-0.3, -0.25) is 14.3 Å². The second-order valence-corrected chi connectivity index (χ2v) is 8.10. The molecule has 5 rings (SSSR count). The minimum absolute atomic E-state index is 0.0355. The predicted octanol–water partition coefficient (Wildman–Crippen LogP) is 3.16. The van der Waals surface area contributed by atoms with Crippen LogP contribution in [0.4, 0.5) is 0 Å². The molecular formula is C24H23N5O3. The van der Waals surface area contributed by atoms with Crippen molar-refractivity contribution >= 4 is 17.0 Å². The molecular weight excluding hydrogens is 406 g/mol. The molecule has 1 saturated heterocycles. The molecule has 32 heavy (non-hydrogen) atoms. The van der Waals surface area contributed by atoms with E-state index in [-0.39, 0.29) is 18.4 Å². The molecule has 0 bridgehead atoms. The molecule has 0 saturated carbocycles. The molecule has 1 fully saturated rings. The number of carbonyl (C=O) groups is 1. The van der Waals surface area contributed by atoms with Gasteiger partial charge in [-0.1, -0.05) is 12.1 Å². The van der Waals surface area contributed by atoms with Crippen LogP contribution in [0.1, 0.15) is 30.0 Å². The molecule has 3 aromatic heterocycles. The Labute approximate surface area is 184 Å². The standard InChI is InChI=1S/C24H23N5O3/c1-16-12-26-23(17-6-4-10-25-13-17)27-22(16)18-7-5-11-28(14-18)21(30)15-29-19-8-2-3-9-20(19)32-24(29)31/h2-4,6,8-10,12-13,18H,5,7,11,14-15H2,1H3/t18-/m0/s1. The van der Waals surface area contributed by atoms with Gasteiger partial charge in [0.2, 0.25) is 5.91 Å². The lowest BCUT2D eigenvalue weighted by molar-refractivity contribution is -0.133. The van der Waals surface area contributed by atoms with Crippen LogP contribution >= 0.6 is 0 Å². The number of amides is 1. The summed E-state index contributed by atoms with van der Waals surface area (Å²) in [7, 11) is 0. The number of hydrogen-bond acceptors (Lipinski definition) is 6. The van der Waals surface area contributed by atoms with Crippen LogP contribution in [0.5, 0.6) is 0 Å². The third-order valence-electron chi connectivity index (χ3n) is 5.96. The van der Waals surface area contributed by atoms with E-state index in [2.05, 4.69) is 9.97 Å². The van der Waals surface area contributed by atoms with Crippen molar-refractivity contribution in [1.82, 2.24) is 24.4 Å². The zero-order chi connectivity index (χ0) is 22.1. The molecule has 1 aliphatic heterocycles. The van der Waals surface area contributed by atoms with Crippen molar-refractivity contribution in [3.05, 3.63) is 76.8 Å². The second-order valence-electron chi connectivity index (χ2n) is 8.10. The van der Waals surface area contributed by atoms with Crippen LogP contribution < -0.4 is 5.76 Å². The van der Waals surface area contributed by atoms with Crippen molar-refractivity contribution in [1.29, 1.82) is 0 Å². The maximum absolute atomic E-state index is 13.1. The molecule has 1 atom stereocenters. The highest BCUT2D eigenvalue weighted by atomic mass is 16.4. The number of benzene rings is 1. The molecule has 8 heteroatoms. The lowest BCUT2D eigenvalue weighted by Crippen LogP contribution is -2.42. The molecule has 0 spiro atoms. The summed E-state index contributed by atoms with van der Waals surface area (Å²) < 4.78 is 6.66. The summed E-state index contributed by atoms with van der Waals surface area (Å²) in [5, 5.41) is 0. The highest BCUT2D eigenvalue weighted by Gasteiger charge is 2.28. The first kappa shape index (κ1) is 20.1. The van der Waals surface area contributed by atoms with E-state index in [1.54, 1.807) is 30.6 Å². The zero-order valence-corrected chi connectivity index (χ0v) is 17.8. The van der Waals surface area contributed by atoms with Gasteiger partial charge in [0.25, 0.3) is 0 Å². The third-order valence-corrected chi connectivity index (χ3v) is 5.96. The van der Waals surface area contributed by atoms with Crippen molar-refractivity contribution in [3.63, 3.8) is 0 Å². The Bertz CT molecular complexity index is 1330. The van der Waals surface area contributed by atoms with Crippen molar-refractivity contribution in [3.8, 4) is 11.4 Å². The smallest absolute Gasteiger partial charge is 0.408 e. The highest BCUT2D eigenvalue weighted by Crippen LogP contribution is 2.29. The fourth-order valence-corrected chi connectivity index (χ4v) is 4.33. The first-order valence-corrected chi connectivity index (χ1v) is 10.7. The molecule has 0 N–H and O–H groups in total. The van der Waals surface area contributed by atoms with Crippen LogP contribution in [0.15, 0.2) is 64.2 Å². The molecule has 162 valence electrons. The van der Waals surface area contributed by atoms with E-state index in [1.807, 2.05) is 36.2 Å². The van der Waals surface area contributed by atoms with Gasteiger partial charge in [-0.2, -0.15) is 0 Å². The number of fused-ring (bicyclic) bond motifs is 1. The summed E-state index contributed by atoms with van der Waals surface area (Å²) >= 11 is 0. The lowest BCUT2D eigenvalue weighted by Gasteiger charge is -2.33. The molecule has 1 amide bonds. The van der Waals surface area contributed by atoms with Crippen LogP contribution in [0.3, 0.4) is 0 Å². The summed E-state index contributed by atoms with van der Waals surface area (Å²) in [6.45, 7) is 3.19. The van der Waals surface area contributed by atoms with E-state index < -0.39 is 5.76 Å². The molecule has 0 unspecified atom stereocenters. The van der Waals surface area contributed by atoms with Crippen molar-refractivity contribution in [2.24, 2.45) is 0 Å². The fraction of sp³-hybridized carbons (Fsp3) is 0.292. The van der Waals surface area contributed by atoms with Gasteiger partial charge >= 0.3 is 5.76 Å². The number of hydrogen-bond donors (Lipinski definition) is 0. The van der Waals surface area contributed by atoms with Gasteiger partial charge in [0.05, 0.1) is 11.2 Å². The minimum atomic E-state index is -0.513. The summed E-state index contributed by atoms with van der Waals surface area (Å²) in [6.07, 6.45) is 7.13. The van der Waals surface area contributed by atoms with Gasteiger partial charge < -0.3 is 9.32 Å². The molecule has 1 aliphatic rings. The highest BCUT2D eigenvalue weighted by molar-refractivity contribution is 5.79. The van der Waals surface area contributed by atoms with Gasteiger partial charge in [-0.25, -0.2) is 14.8 Å². The number of aromatic nitrogens is 4. The van der Waals surface area contributed by atoms with Gasteiger partial charge in [-0.05, 0) is 49.6 Å². The molecule has 4 heterocycles. The number of aryl methyl sites for hydroxylation is 1. The van der Waals surface area contributed by atoms with Crippen LogP contribution in [-0.2, 0) is 11.3 Å². The van der Waals surface area contributed by atoms with Gasteiger partial charge in [0, 0.05) is 43.2 Å². The van der Waals surface area contributed by atoms with E-state index in [4.69, 9.17) is 9.40 Å². The number of rotatable bonds is 4. The van der Waals surface area contributed by atoms with E-state index in [0.717, 1.165) is 29.7 Å². The van der Waals surface area contributed by atoms with Crippen molar-refractivity contribution in [2.75, 3.05) is 13.1 Å². The van der Waals surface area contributed by atoms with E-state index in [9.17, 15) is 9.59 Å². The SMILES string of the molecule is Cc1cnc(-c2cccnc2)nc1[C@H]1CCCN(C(=O)Cn2c(=O)oc3ccccc32)C1. The number of pyridine rings is 1. The molecule has 0 aliphatic carbocycles. The zero-order valence-electron chi connectivity index (χ0n) is 17.8. The van der Waals surface area contributed by atoms with Crippen molar-refractivity contribution in [2.45, 2.75) is 32.2 Å². The van der Waals surface area contributed by atoms with Crippen LogP contribution in [-0.4, -0.2) is 43.4 Å². The topological polar surface area (TPSA) is 94.1 Å². The predicted molar refractivity (Wildman–Crippen MR) is 119 cm³/mol. The van der Waals surface area contributed by atoms with E-state index >= 15 is 0 Å². The monoisotopic (exact) mass is 429 g/mol. The number of carbonyl (C=O) groups excluding carboxylic acids is 1. The Balaban J connectivity index is 1.37. The largest absolute Gasteiger partial charge is 0.420 e. The number of likely N-dealkylation sites (tertiary alicyclic amines) is 1. The summed E-state index contributed by atoms with van der Waals surface area (Å²) in [4.78, 5) is 40.6. The number of piperidine rings is 1. The number of para-hydroxylation sites is 2. The first-order valence-electron chi connectivity index (χ1n) is 10.7. The Morgan fingerprint density at radius 1 is 1.19 bits per heavy atom. The maximum atomic E-state index is 13.1. The lowest BCUT2D eigenvalue weighted by atomic mass is 9.92. The number of nitrogens with zero attached hydrogens (tertiary/aromatic N) is 5. The Morgan fingerprint density at radius 3 is 2.91 bits per heavy atom. The van der Waals surface area contributed by atoms with Gasteiger partial charge in [0.1, 0.15) is 6.54 Å². The van der Waals surface area contributed by atoms with E-state index in [1.165, 1.54) is 4.57 Å². The first-order chi connectivity index (χ1) is 15.6. The van der Waals surface area contributed by atoms with Crippen molar-refractivity contribution < 1.29 is 9.21 Å². The van der Waals surface area contributed by atoms with Crippen LogP contribution in [0, 0.1) is 6.92 Å². The molecule has 0 radical (unpaired) electrons. The molecule has 1 aromatic carbocycles. The minimum Gasteiger partial charge on any atom is -0.408 e. The third kappa shape index (κ3) is 3.79. The van der Waals surface area contributed by atoms with E-state index in [0.29, 0.717) is 30.0 Å². The molecule has 8 nitrogen and oxygen atoms in total. The quantitative estimate of drug-likeness (QED) is 0.495. The normalized spacial score (nSPS) is 16.4. The van der Waals surface area contributed by atoms with Crippen LogP contribution in [0.2, 0.25) is 0 Å².